The molecule has 6 nitrogen and oxygen atoms in total. The zero-order valence-electron chi connectivity index (χ0n) is 16.9. The molecule has 8 heteroatoms. The Hall–Kier alpha value is -3.68. The van der Waals surface area contributed by atoms with E-state index in [-0.39, 0.29) is 11.3 Å². The maximum absolute atomic E-state index is 13.6. The Labute approximate surface area is 192 Å². The van der Waals surface area contributed by atoms with Crippen molar-refractivity contribution in [2.45, 2.75) is 6.92 Å². The zero-order chi connectivity index (χ0) is 22.2. The molecule has 5 rings (SSSR count). The van der Waals surface area contributed by atoms with Crippen LogP contribution >= 0.6 is 22.9 Å². The predicted molar refractivity (Wildman–Crippen MR) is 130 cm³/mol. The standard InChI is InChI=1S/C24H17ClN4O2S/c1-14(26-18-13-16(25)11-12-19(18)30)21-22(15-7-3-2-4-8-15)28-29(23(21)31)24-27-17-9-5-6-10-20(17)32-24/h2-13,28,30H,1H3. The summed E-state index contributed by atoms with van der Waals surface area (Å²) < 4.78 is 2.43. The Morgan fingerprint density at radius 3 is 2.62 bits per heavy atom. The van der Waals surface area contributed by atoms with Crippen molar-refractivity contribution in [3.8, 4) is 22.1 Å². The lowest BCUT2D eigenvalue weighted by Gasteiger charge is -2.04. The maximum Gasteiger partial charge on any atom is 0.283 e. The number of para-hydroxylation sites is 1. The van der Waals surface area contributed by atoms with Gasteiger partial charge in [-0.05, 0) is 37.3 Å². The molecule has 2 aromatic heterocycles. The van der Waals surface area contributed by atoms with Gasteiger partial charge in [-0.15, -0.1) is 0 Å². The third-order valence-electron chi connectivity index (χ3n) is 5.01. The zero-order valence-corrected chi connectivity index (χ0v) is 18.5. The Morgan fingerprint density at radius 1 is 1.09 bits per heavy atom. The molecule has 3 aromatic carbocycles. The average molecular weight is 461 g/mol. The van der Waals surface area contributed by atoms with Crippen LogP contribution in [0.4, 0.5) is 5.69 Å². The highest BCUT2D eigenvalue weighted by atomic mass is 35.5. The number of aromatic nitrogens is 3. The molecule has 5 aromatic rings. The van der Waals surface area contributed by atoms with Crippen LogP contribution in [0.5, 0.6) is 5.75 Å². The van der Waals surface area contributed by atoms with Crippen LogP contribution in [0.3, 0.4) is 0 Å². The fourth-order valence-electron chi connectivity index (χ4n) is 3.50. The SMILES string of the molecule is CC(=Nc1cc(Cl)ccc1O)c1c(-c2ccccc2)[nH]n(-c2nc3ccccc3s2)c1=O. The molecule has 0 unspecified atom stereocenters. The summed E-state index contributed by atoms with van der Waals surface area (Å²) >= 11 is 7.49. The Bertz CT molecular complexity index is 1500. The normalized spacial score (nSPS) is 11.9. The van der Waals surface area contributed by atoms with Crippen LogP contribution in [0.2, 0.25) is 5.02 Å². The number of benzene rings is 3. The largest absolute Gasteiger partial charge is 0.506 e. The molecular weight excluding hydrogens is 444 g/mol. The number of H-pyrrole nitrogens is 1. The van der Waals surface area contributed by atoms with Gasteiger partial charge < -0.3 is 5.11 Å². The molecule has 0 aliphatic carbocycles. The monoisotopic (exact) mass is 460 g/mol. The summed E-state index contributed by atoms with van der Waals surface area (Å²) in [6.07, 6.45) is 0. The van der Waals surface area contributed by atoms with E-state index in [4.69, 9.17) is 11.6 Å². The first-order chi connectivity index (χ1) is 15.5. The van der Waals surface area contributed by atoms with E-state index in [1.165, 1.54) is 22.1 Å². The summed E-state index contributed by atoms with van der Waals surface area (Å²) in [5.41, 5.74) is 3.15. The number of nitrogens with zero attached hydrogens (tertiary/aromatic N) is 3. The van der Waals surface area contributed by atoms with Crippen molar-refractivity contribution in [2.75, 3.05) is 0 Å². The quantitative estimate of drug-likeness (QED) is 0.325. The molecule has 32 heavy (non-hydrogen) atoms. The van der Waals surface area contributed by atoms with Crippen LogP contribution in [0.1, 0.15) is 12.5 Å². The van der Waals surface area contributed by atoms with Gasteiger partial charge in [-0.3, -0.25) is 9.89 Å². The number of hydrogen-bond acceptors (Lipinski definition) is 5. The van der Waals surface area contributed by atoms with Gasteiger partial charge in [0, 0.05) is 10.6 Å². The lowest BCUT2D eigenvalue weighted by atomic mass is 10.1. The second kappa shape index (κ2) is 8.11. The average Bonchev–Trinajstić information content (AvgIpc) is 3.37. The van der Waals surface area contributed by atoms with Crippen LogP contribution in [0, 0.1) is 0 Å². The molecule has 0 amide bonds. The second-order valence-electron chi connectivity index (χ2n) is 7.16. The molecule has 0 radical (unpaired) electrons. The van der Waals surface area contributed by atoms with E-state index < -0.39 is 0 Å². The number of phenols is 1. The van der Waals surface area contributed by atoms with Crippen LogP contribution in [0.25, 0.3) is 26.6 Å². The molecule has 0 spiro atoms. The highest BCUT2D eigenvalue weighted by Crippen LogP contribution is 2.31. The van der Waals surface area contributed by atoms with E-state index in [0.29, 0.717) is 32.8 Å². The lowest BCUT2D eigenvalue weighted by molar-refractivity contribution is 0.477. The Morgan fingerprint density at radius 2 is 1.84 bits per heavy atom. The van der Waals surface area contributed by atoms with Gasteiger partial charge in [0.15, 0.2) is 0 Å². The molecule has 0 atom stereocenters. The second-order valence-corrected chi connectivity index (χ2v) is 8.61. The summed E-state index contributed by atoms with van der Waals surface area (Å²) in [4.78, 5) is 22.7. The number of hydrogen-bond donors (Lipinski definition) is 2. The fraction of sp³-hybridized carbons (Fsp3) is 0.0417. The van der Waals surface area contributed by atoms with Gasteiger partial charge in [-0.2, -0.15) is 4.68 Å². The molecule has 0 bridgehead atoms. The molecule has 158 valence electrons. The van der Waals surface area contributed by atoms with Gasteiger partial charge in [0.2, 0.25) is 5.13 Å². The molecule has 0 aliphatic heterocycles. The number of halogens is 1. The molecule has 0 fully saturated rings. The van der Waals surface area contributed by atoms with Crippen molar-refractivity contribution in [1.29, 1.82) is 0 Å². The molecule has 0 aliphatic rings. The number of aromatic amines is 1. The first kappa shape index (κ1) is 20.2. The Kier molecular flexibility index (Phi) is 5.13. The van der Waals surface area contributed by atoms with E-state index in [1.54, 1.807) is 19.1 Å². The Balaban J connectivity index is 1.73. The summed E-state index contributed by atoms with van der Waals surface area (Å²) in [6, 6.07) is 21.9. The van der Waals surface area contributed by atoms with Crippen molar-refractivity contribution in [2.24, 2.45) is 4.99 Å². The number of fused-ring (bicyclic) bond motifs is 1. The lowest BCUT2D eigenvalue weighted by Crippen LogP contribution is -2.19. The van der Waals surface area contributed by atoms with Gasteiger partial charge in [-0.1, -0.05) is 65.4 Å². The molecular formula is C24H17ClN4O2S. The van der Waals surface area contributed by atoms with Gasteiger partial charge in [-0.25, -0.2) is 9.98 Å². The first-order valence-electron chi connectivity index (χ1n) is 9.82. The van der Waals surface area contributed by atoms with E-state index >= 15 is 0 Å². The number of rotatable bonds is 4. The minimum absolute atomic E-state index is 0.0166. The number of nitrogens with one attached hydrogen (secondary N) is 1. The molecule has 0 saturated heterocycles. The molecule has 2 heterocycles. The van der Waals surface area contributed by atoms with Crippen LogP contribution in [-0.2, 0) is 0 Å². The van der Waals surface area contributed by atoms with E-state index in [1.807, 2.05) is 54.6 Å². The first-order valence-corrected chi connectivity index (χ1v) is 11.0. The molecule has 2 N–H and O–H groups in total. The van der Waals surface area contributed by atoms with Crippen molar-refractivity contribution in [1.82, 2.24) is 14.8 Å². The van der Waals surface area contributed by atoms with Crippen molar-refractivity contribution >= 4 is 44.6 Å². The van der Waals surface area contributed by atoms with E-state index in [9.17, 15) is 9.90 Å². The summed E-state index contributed by atoms with van der Waals surface area (Å²) in [6.45, 7) is 1.74. The number of phenolic OH excluding ortho intramolecular Hbond substituents is 1. The fourth-order valence-corrected chi connectivity index (χ4v) is 4.59. The van der Waals surface area contributed by atoms with E-state index in [2.05, 4.69) is 15.1 Å². The van der Waals surface area contributed by atoms with Crippen molar-refractivity contribution in [3.63, 3.8) is 0 Å². The third kappa shape index (κ3) is 3.62. The topological polar surface area (TPSA) is 83.3 Å². The van der Waals surface area contributed by atoms with Crippen LogP contribution in [0.15, 0.2) is 82.6 Å². The van der Waals surface area contributed by atoms with Gasteiger partial charge in [0.25, 0.3) is 5.56 Å². The third-order valence-corrected chi connectivity index (χ3v) is 6.27. The number of aliphatic imine (C=N–C) groups is 1. The van der Waals surface area contributed by atoms with Crippen LogP contribution in [-0.4, -0.2) is 25.6 Å². The maximum atomic E-state index is 13.6. The van der Waals surface area contributed by atoms with Crippen LogP contribution < -0.4 is 5.56 Å². The predicted octanol–water partition coefficient (Wildman–Crippen LogP) is 5.94. The van der Waals surface area contributed by atoms with Crippen molar-refractivity contribution < 1.29 is 5.11 Å². The molecule has 0 saturated carbocycles. The van der Waals surface area contributed by atoms with Crippen molar-refractivity contribution in [3.05, 3.63) is 93.7 Å². The number of thiazole rings is 1. The summed E-state index contributed by atoms with van der Waals surface area (Å²) in [7, 11) is 0. The highest BCUT2D eigenvalue weighted by molar-refractivity contribution is 7.20. The summed E-state index contributed by atoms with van der Waals surface area (Å²) in [5.74, 6) is -0.0166. The summed E-state index contributed by atoms with van der Waals surface area (Å²) in [5, 5.41) is 14.4. The smallest absolute Gasteiger partial charge is 0.283 e. The van der Waals surface area contributed by atoms with Gasteiger partial charge >= 0.3 is 0 Å². The minimum atomic E-state index is -0.273. The highest BCUT2D eigenvalue weighted by Gasteiger charge is 2.21. The number of aromatic hydroxyl groups is 1. The minimum Gasteiger partial charge on any atom is -0.506 e. The van der Waals surface area contributed by atoms with Gasteiger partial charge in [0.1, 0.15) is 11.4 Å². The van der Waals surface area contributed by atoms with E-state index in [0.717, 1.165) is 15.8 Å². The van der Waals surface area contributed by atoms with Gasteiger partial charge in [0.05, 0.1) is 27.2 Å².